The zero-order valence-electron chi connectivity index (χ0n) is 13.6. The molecule has 2 aliphatic heterocycles. The van der Waals surface area contributed by atoms with Gasteiger partial charge in [0.05, 0.1) is 15.6 Å². The van der Waals surface area contributed by atoms with Gasteiger partial charge in [0.2, 0.25) is 0 Å². The van der Waals surface area contributed by atoms with Crippen molar-refractivity contribution in [3.8, 4) is 0 Å². The number of benzene rings is 1. The third kappa shape index (κ3) is 2.85. The van der Waals surface area contributed by atoms with E-state index in [1.165, 1.54) is 0 Å². The first-order chi connectivity index (χ1) is 12.6. The molecule has 8 heteroatoms. The number of hydrogen-bond donors (Lipinski definition) is 1. The Kier molecular flexibility index (Phi) is 4.38. The van der Waals surface area contributed by atoms with Gasteiger partial charge in [-0.1, -0.05) is 35.3 Å². The van der Waals surface area contributed by atoms with Gasteiger partial charge in [-0.15, -0.1) is 10.2 Å². The van der Waals surface area contributed by atoms with Crippen LogP contribution in [-0.4, -0.2) is 34.8 Å². The van der Waals surface area contributed by atoms with E-state index >= 15 is 0 Å². The minimum absolute atomic E-state index is 0.0575. The molecule has 2 amide bonds. The van der Waals surface area contributed by atoms with Crippen molar-refractivity contribution in [2.75, 3.05) is 13.1 Å². The van der Waals surface area contributed by atoms with Crippen molar-refractivity contribution in [1.29, 1.82) is 0 Å². The normalized spacial score (nSPS) is 16.8. The van der Waals surface area contributed by atoms with Crippen LogP contribution >= 0.6 is 23.2 Å². The highest BCUT2D eigenvalue weighted by Gasteiger charge is 2.28. The highest BCUT2D eigenvalue weighted by atomic mass is 35.5. The Morgan fingerprint density at radius 3 is 2.69 bits per heavy atom. The van der Waals surface area contributed by atoms with Crippen LogP contribution in [0.1, 0.15) is 34.5 Å². The molecule has 2 aliphatic rings. The first-order valence-electron chi connectivity index (χ1n) is 8.19. The molecular formula is C18H14Cl2N4O2. The van der Waals surface area contributed by atoms with Crippen LogP contribution in [0.15, 0.2) is 40.7 Å². The smallest absolute Gasteiger partial charge is 0.298 e. The van der Waals surface area contributed by atoms with Gasteiger partial charge in [-0.2, -0.15) is 0 Å². The van der Waals surface area contributed by atoms with Crippen molar-refractivity contribution >= 4 is 46.3 Å². The van der Waals surface area contributed by atoms with Gasteiger partial charge in [0.25, 0.3) is 11.8 Å². The zero-order chi connectivity index (χ0) is 18.3. The molecule has 3 heterocycles. The fraction of sp³-hybridized carbons (Fsp3) is 0.222. The summed E-state index contributed by atoms with van der Waals surface area (Å²) >= 11 is 12.3. The second-order valence-electron chi connectivity index (χ2n) is 6.13. The number of rotatable bonds is 3. The van der Waals surface area contributed by atoms with Gasteiger partial charge < -0.3 is 9.88 Å². The number of azo groups is 1. The Bertz CT molecular complexity index is 971. The molecule has 1 aromatic carbocycles. The summed E-state index contributed by atoms with van der Waals surface area (Å²) in [5.74, 6) is -0.546. The van der Waals surface area contributed by atoms with Gasteiger partial charge in [-0.05, 0) is 25.0 Å². The summed E-state index contributed by atoms with van der Waals surface area (Å²) in [6.45, 7) is 1.52. The molecule has 26 heavy (non-hydrogen) atoms. The summed E-state index contributed by atoms with van der Waals surface area (Å²) in [6.07, 6.45) is 3.68. The van der Waals surface area contributed by atoms with E-state index in [1.54, 1.807) is 35.4 Å². The molecule has 4 rings (SSSR count). The predicted molar refractivity (Wildman–Crippen MR) is 99.1 cm³/mol. The lowest BCUT2D eigenvalue weighted by Crippen LogP contribution is -2.27. The molecule has 2 aromatic rings. The number of amides is 2. The fourth-order valence-corrected chi connectivity index (χ4v) is 3.58. The molecule has 0 aliphatic carbocycles. The average Bonchev–Trinajstić information content (AvgIpc) is 3.37. The molecule has 1 N–H and O–H groups in total. The number of aromatic nitrogens is 1. The van der Waals surface area contributed by atoms with Crippen LogP contribution in [0, 0.1) is 0 Å². The maximum atomic E-state index is 12.5. The molecule has 6 nitrogen and oxygen atoms in total. The Morgan fingerprint density at radius 1 is 1.15 bits per heavy atom. The molecule has 1 saturated heterocycles. The van der Waals surface area contributed by atoms with E-state index in [0.717, 1.165) is 25.9 Å². The standard InChI is InChI=1S/C18H14Cl2N4O2/c19-12-5-3-4-11(15(12)20)14-16(22-23-17(14)25)10-8-13(21-9-10)18(26)24-6-1-2-7-24/h3-5,8-9,21H,1-2,6-7H2. The number of carbonyl (C=O) groups excluding carboxylic acids is 2. The zero-order valence-corrected chi connectivity index (χ0v) is 15.1. The van der Waals surface area contributed by atoms with Crippen molar-refractivity contribution in [1.82, 2.24) is 9.88 Å². The van der Waals surface area contributed by atoms with Gasteiger partial charge in [0, 0.05) is 30.4 Å². The lowest BCUT2D eigenvalue weighted by molar-refractivity contribution is -0.112. The number of H-pyrrole nitrogens is 1. The van der Waals surface area contributed by atoms with E-state index in [4.69, 9.17) is 23.2 Å². The van der Waals surface area contributed by atoms with Gasteiger partial charge in [-0.3, -0.25) is 9.59 Å². The molecule has 0 saturated carbocycles. The average molecular weight is 389 g/mol. The van der Waals surface area contributed by atoms with Crippen LogP contribution in [0.2, 0.25) is 10.0 Å². The van der Waals surface area contributed by atoms with Crippen LogP contribution in [0.5, 0.6) is 0 Å². The van der Waals surface area contributed by atoms with E-state index < -0.39 is 5.91 Å². The highest BCUT2D eigenvalue weighted by Crippen LogP contribution is 2.39. The van der Waals surface area contributed by atoms with Crippen molar-refractivity contribution in [2.45, 2.75) is 12.8 Å². The molecule has 0 radical (unpaired) electrons. The summed E-state index contributed by atoms with van der Waals surface area (Å²) in [5.41, 5.74) is 2.18. The lowest BCUT2D eigenvalue weighted by Gasteiger charge is -2.13. The van der Waals surface area contributed by atoms with E-state index in [2.05, 4.69) is 15.2 Å². The van der Waals surface area contributed by atoms with Gasteiger partial charge >= 0.3 is 0 Å². The third-order valence-electron chi connectivity index (χ3n) is 4.49. The summed E-state index contributed by atoms with van der Waals surface area (Å²) in [5, 5.41) is 8.26. The molecular weight excluding hydrogens is 375 g/mol. The van der Waals surface area contributed by atoms with E-state index in [-0.39, 0.29) is 16.5 Å². The number of aromatic amines is 1. The Morgan fingerprint density at radius 2 is 1.92 bits per heavy atom. The Hall–Kier alpha value is -2.44. The lowest BCUT2D eigenvalue weighted by atomic mass is 10.0. The number of hydrogen-bond acceptors (Lipinski definition) is 3. The van der Waals surface area contributed by atoms with Gasteiger partial charge in [0.15, 0.2) is 0 Å². The fourth-order valence-electron chi connectivity index (χ4n) is 3.18. The van der Waals surface area contributed by atoms with Crippen LogP contribution in [0.3, 0.4) is 0 Å². The molecule has 0 spiro atoms. The van der Waals surface area contributed by atoms with Crippen molar-refractivity contribution < 1.29 is 9.59 Å². The van der Waals surface area contributed by atoms with E-state index in [9.17, 15) is 9.59 Å². The Labute approximate surface area is 159 Å². The van der Waals surface area contributed by atoms with Crippen LogP contribution in [0.4, 0.5) is 0 Å². The number of halogens is 2. The summed E-state index contributed by atoms with van der Waals surface area (Å²) in [4.78, 5) is 29.6. The molecule has 132 valence electrons. The minimum atomic E-state index is -0.488. The Balaban J connectivity index is 1.74. The van der Waals surface area contributed by atoms with Crippen LogP contribution in [0.25, 0.3) is 11.3 Å². The number of likely N-dealkylation sites (tertiary alicyclic amines) is 1. The quantitative estimate of drug-likeness (QED) is 0.844. The minimum Gasteiger partial charge on any atom is -0.357 e. The highest BCUT2D eigenvalue weighted by molar-refractivity contribution is 6.45. The summed E-state index contributed by atoms with van der Waals surface area (Å²) in [6, 6.07) is 6.73. The summed E-state index contributed by atoms with van der Waals surface area (Å²) < 4.78 is 0. The number of nitrogens with one attached hydrogen (secondary N) is 1. The molecule has 0 atom stereocenters. The second-order valence-corrected chi connectivity index (χ2v) is 6.92. The maximum Gasteiger partial charge on any atom is 0.298 e. The largest absolute Gasteiger partial charge is 0.357 e. The molecule has 0 bridgehead atoms. The topological polar surface area (TPSA) is 77.9 Å². The van der Waals surface area contributed by atoms with Crippen molar-refractivity contribution in [3.63, 3.8) is 0 Å². The third-order valence-corrected chi connectivity index (χ3v) is 5.31. The molecule has 1 fully saturated rings. The number of nitrogens with zero attached hydrogens (tertiary/aromatic N) is 3. The first kappa shape index (κ1) is 17.0. The first-order valence-corrected chi connectivity index (χ1v) is 8.94. The van der Waals surface area contributed by atoms with Crippen LogP contribution in [-0.2, 0) is 4.79 Å². The summed E-state index contributed by atoms with van der Waals surface area (Å²) in [7, 11) is 0. The SMILES string of the molecule is O=C1N=NC(c2c[nH]c(C(=O)N3CCCC3)c2)=C1c1cccc(Cl)c1Cl. The monoisotopic (exact) mass is 388 g/mol. The van der Waals surface area contributed by atoms with Crippen LogP contribution < -0.4 is 0 Å². The van der Waals surface area contributed by atoms with Gasteiger partial charge in [-0.25, -0.2) is 0 Å². The van der Waals surface area contributed by atoms with E-state index in [1.807, 2.05) is 0 Å². The van der Waals surface area contributed by atoms with E-state index in [0.29, 0.717) is 27.5 Å². The molecule has 0 unspecified atom stereocenters. The van der Waals surface area contributed by atoms with Crippen molar-refractivity contribution in [2.24, 2.45) is 10.2 Å². The van der Waals surface area contributed by atoms with Gasteiger partial charge in [0.1, 0.15) is 11.4 Å². The second kappa shape index (κ2) is 6.70. The maximum absolute atomic E-state index is 12.5. The number of carbonyl (C=O) groups is 2. The van der Waals surface area contributed by atoms with Crippen molar-refractivity contribution in [3.05, 3.63) is 57.3 Å². The predicted octanol–water partition coefficient (Wildman–Crippen LogP) is 4.42. The molecule has 1 aromatic heterocycles.